The number of hydrogen-bond acceptors (Lipinski definition) is 1. The molecule has 0 fully saturated rings. The maximum atomic E-state index is 4.09. The Kier molecular flexibility index (Phi) is 3.15. The smallest absolute Gasteiger partial charge is 0.117 e. The van der Waals surface area contributed by atoms with Gasteiger partial charge in [-0.15, -0.1) is 0 Å². The molecule has 3 nitrogen and oxygen atoms in total. The van der Waals surface area contributed by atoms with Crippen molar-refractivity contribution in [3.63, 3.8) is 0 Å². The van der Waals surface area contributed by atoms with E-state index in [-0.39, 0.29) is 0 Å². The fourth-order valence-electron chi connectivity index (χ4n) is 1.61. The van der Waals surface area contributed by atoms with Gasteiger partial charge in [0.1, 0.15) is 13.1 Å². The van der Waals surface area contributed by atoms with Crippen molar-refractivity contribution in [2.24, 2.45) is 7.05 Å². The van der Waals surface area contributed by atoms with Crippen LogP contribution in [0, 0.1) is 0 Å². The van der Waals surface area contributed by atoms with Gasteiger partial charge in [0.05, 0.1) is 5.69 Å². The van der Waals surface area contributed by atoms with Crippen LogP contribution in [0.4, 0.5) is 0 Å². The first kappa shape index (κ1) is 9.93. The van der Waals surface area contributed by atoms with Gasteiger partial charge in [-0.1, -0.05) is 6.07 Å². The third kappa shape index (κ3) is 2.67. The average molecular weight is 202 g/mol. The highest BCUT2D eigenvalue weighted by Crippen LogP contribution is 1.96. The van der Waals surface area contributed by atoms with Crippen molar-refractivity contribution in [3.8, 4) is 0 Å². The Morgan fingerprint density at radius 2 is 2.20 bits per heavy atom. The van der Waals surface area contributed by atoms with Gasteiger partial charge in [0, 0.05) is 31.2 Å². The lowest BCUT2D eigenvalue weighted by atomic mass is 10.3. The lowest BCUT2D eigenvalue weighted by Crippen LogP contribution is -2.81. The predicted molar refractivity (Wildman–Crippen MR) is 59.0 cm³/mol. The molecular formula is C12H16N3+. The van der Waals surface area contributed by atoms with Crippen LogP contribution >= 0.6 is 0 Å². The first-order valence-corrected chi connectivity index (χ1v) is 5.17. The Labute approximate surface area is 89.8 Å². The van der Waals surface area contributed by atoms with Crippen molar-refractivity contribution < 1.29 is 5.32 Å². The van der Waals surface area contributed by atoms with E-state index in [0.717, 1.165) is 13.1 Å². The summed E-state index contributed by atoms with van der Waals surface area (Å²) in [5.41, 5.74) is 2.62. The SMILES string of the molecule is Cn1cccc1C[NH2+]Cc1cccnc1. The van der Waals surface area contributed by atoms with Crippen molar-refractivity contribution in [2.45, 2.75) is 13.1 Å². The number of rotatable bonds is 4. The highest BCUT2D eigenvalue weighted by atomic mass is 15.0. The van der Waals surface area contributed by atoms with Crippen LogP contribution in [0.2, 0.25) is 0 Å². The highest BCUT2D eigenvalue weighted by Gasteiger charge is 1.99. The molecule has 3 heteroatoms. The maximum absolute atomic E-state index is 4.09. The van der Waals surface area contributed by atoms with Gasteiger partial charge in [0.25, 0.3) is 0 Å². The van der Waals surface area contributed by atoms with Crippen LogP contribution in [-0.4, -0.2) is 9.55 Å². The highest BCUT2D eigenvalue weighted by molar-refractivity contribution is 5.07. The van der Waals surface area contributed by atoms with Gasteiger partial charge in [-0.05, 0) is 18.2 Å². The second-order valence-electron chi connectivity index (χ2n) is 3.67. The summed E-state index contributed by atoms with van der Waals surface area (Å²) in [4.78, 5) is 4.09. The van der Waals surface area contributed by atoms with Crippen LogP contribution in [0.3, 0.4) is 0 Å². The zero-order chi connectivity index (χ0) is 10.5. The molecule has 0 aliphatic rings. The summed E-state index contributed by atoms with van der Waals surface area (Å²) in [6, 6.07) is 8.31. The first-order valence-electron chi connectivity index (χ1n) is 5.17. The minimum Gasteiger partial charge on any atom is -0.350 e. The van der Waals surface area contributed by atoms with Gasteiger partial charge in [0.15, 0.2) is 0 Å². The molecule has 78 valence electrons. The normalized spacial score (nSPS) is 10.5. The van der Waals surface area contributed by atoms with Crippen LogP contribution in [0.1, 0.15) is 11.3 Å². The number of aryl methyl sites for hydroxylation is 1. The summed E-state index contributed by atoms with van der Waals surface area (Å²) in [5.74, 6) is 0. The molecule has 2 N–H and O–H groups in total. The van der Waals surface area contributed by atoms with E-state index in [4.69, 9.17) is 0 Å². The Hall–Kier alpha value is -1.61. The molecule has 0 amide bonds. The van der Waals surface area contributed by atoms with Crippen molar-refractivity contribution in [2.75, 3.05) is 0 Å². The van der Waals surface area contributed by atoms with E-state index in [1.807, 2.05) is 12.3 Å². The van der Waals surface area contributed by atoms with Crippen LogP contribution in [0.5, 0.6) is 0 Å². The minimum atomic E-state index is 0.985. The Bertz CT molecular complexity index is 406. The third-order valence-electron chi connectivity index (χ3n) is 2.51. The quantitative estimate of drug-likeness (QED) is 0.777. The van der Waals surface area contributed by atoms with E-state index >= 15 is 0 Å². The summed E-state index contributed by atoms with van der Waals surface area (Å²) in [6.45, 7) is 2.00. The molecule has 2 heterocycles. The minimum absolute atomic E-state index is 0.985. The molecule has 2 rings (SSSR count). The Morgan fingerprint density at radius 3 is 2.87 bits per heavy atom. The summed E-state index contributed by atoms with van der Waals surface area (Å²) < 4.78 is 2.15. The van der Waals surface area contributed by atoms with Gasteiger partial charge >= 0.3 is 0 Å². The lowest BCUT2D eigenvalue weighted by Gasteiger charge is -2.02. The molecule has 0 spiro atoms. The van der Waals surface area contributed by atoms with Crippen molar-refractivity contribution in [1.29, 1.82) is 0 Å². The predicted octanol–water partition coefficient (Wildman–Crippen LogP) is 0.684. The van der Waals surface area contributed by atoms with E-state index in [2.05, 4.69) is 46.3 Å². The van der Waals surface area contributed by atoms with E-state index < -0.39 is 0 Å². The summed E-state index contributed by atoms with van der Waals surface area (Å²) in [6.07, 6.45) is 5.80. The van der Waals surface area contributed by atoms with Crippen molar-refractivity contribution in [3.05, 3.63) is 54.1 Å². The van der Waals surface area contributed by atoms with Gasteiger partial charge in [-0.2, -0.15) is 0 Å². The van der Waals surface area contributed by atoms with E-state index in [9.17, 15) is 0 Å². The lowest BCUT2D eigenvalue weighted by molar-refractivity contribution is -0.687. The van der Waals surface area contributed by atoms with Gasteiger partial charge in [-0.3, -0.25) is 4.98 Å². The number of pyridine rings is 1. The van der Waals surface area contributed by atoms with Crippen molar-refractivity contribution >= 4 is 0 Å². The Morgan fingerprint density at radius 1 is 1.27 bits per heavy atom. The number of nitrogens with two attached hydrogens (primary N) is 1. The van der Waals surface area contributed by atoms with Crippen LogP contribution in [0.15, 0.2) is 42.9 Å². The Balaban J connectivity index is 1.83. The average Bonchev–Trinajstić information content (AvgIpc) is 2.66. The maximum Gasteiger partial charge on any atom is 0.117 e. The number of nitrogens with zero attached hydrogens (tertiary/aromatic N) is 2. The molecular weight excluding hydrogens is 186 g/mol. The molecule has 0 aliphatic carbocycles. The van der Waals surface area contributed by atoms with Gasteiger partial charge in [0.2, 0.25) is 0 Å². The molecule has 2 aromatic rings. The van der Waals surface area contributed by atoms with Crippen molar-refractivity contribution in [1.82, 2.24) is 9.55 Å². The van der Waals surface area contributed by atoms with Gasteiger partial charge < -0.3 is 9.88 Å². The second kappa shape index (κ2) is 4.75. The molecule has 0 atom stereocenters. The molecule has 0 bridgehead atoms. The monoisotopic (exact) mass is 202 g/mol. The number of aromatic nitrogens is 2. The third-order valence-corrected chi connectivity index (χ3v) is 2.51. The molecule has 15 heavy (non-hydrogen) atoms. The van der Waals surface area contributed by atoms with Crippen LogP contribution < -0.4 is 5.32 Å². The molecule has 0 saturated carbocycles. The van der Waals surface area contributed by atoms with Crippen LogP contribution in [-0.2, 0) is 20.1 Å². The van der Waals surface area contributed by atoms with Gasteiger partial charge in [-0.25, -0.2) is 0 Å². The first-order chi connectivity index (χ1) is 7.36. The molecule has 0 aliphatic heterocycles. The second-order valence-corrected chi connectivity index (χ2v) is 3.67. The number of quaternary nitrogens is 1. The number of hydrogen-bond donors (Lipinski definition) is 1. The van der Waals surface area contributed by atoms with Crippen LogP contribution in [0.25, 0.3) is 0 Å². The summed E-state index contributed by atoms with van der Waals surface area (Å²) in [7, 11) is 2.08. The fourth-order valence-corrected chi connectivity index (χ4v) is 1.61. The zero-order valence-electron chi connectivity index (χ0n) is 8.93. The van der Waals surface area contributed by atoms with E-state index in [0.29, 0.717) is 0 Å². The molecule has 0 unspecified atom stereocenters. The summed E-state index contributed by atoms with van der Waals surface area (Å²) >= 11 is 0. The zero-order valence-corrected chi connectivity index (χ0v) is 8.93. The van der Waals surface area contributed by atoms with E-state index in [1.54, 1.807) is 6.20 Å². The summed E-state index contributed by atoms with van der Waals surface area (Å²) in [5, 5.41) is 2.28. The fraction of sp³-hybridized carbons (Fsp3) is 0.250. The molecule has 2 aromatic heterocycles. The molecule has 0 saturated heterocycles. The van der Waals surface area contributed by atoms with E-state index in [1.165, 1.54) is 11.3 Å². The molecule has 0 radical (unpaired) electrons. The topological polar surface area (TPSA) is 34.4 Å². The largest absolute Gasteiger partial charge is 0.350 e. The standard InChI is InChI=1S/C12H15N3/c1-15-7-3-5-12(15)10-14-9-11-4-2-6-13-8-11/h2-8,14H,9-10H2,1H3/p+1. The molecule has 0 aromatic carbocycles.